The number of carbonyl (C=O) groups is 1. The molecule has 1 saturated carbocycles. The van der Waals surface area contributed by atoms with Crippen molar-refractivity contribution in [2.75, 3.05) is 11.9 Å². The normalized spacial score (nSPS) is 23.8. The van der Waals surface area contributed by atoms with Crippen LogP contribution >= 0.6 is 11.3 Å². The summed E-state index contributed by atoms with van der Waals surface area (Å²) in [6.07, 6.45) is 3.26. The fraction of sp³-hybridized carbons (Fsp3) is 0.727. The Morgan fingerprint density at radius 2 is 2.35 bits per heavy atom. The van der Waals surface area contributed by atoms with Gasteiger partial charge in [-0.05, 0) is 32.1 Å². The molecule has 1 fully saturated rings. The van der Waals surface area contributed by atoms with Gasteiger partial charge in [-0.15, -0.1) is 10.2 Å². The van der Waals surface area contributed by atoms with Crippen molar-refractivity contribution in [1.82, 2.24) is 10.2 Å². The first-order chi connectivity index (χ1) is 8.19. The molecule has 0 bridgehead atoms. The Morgan fingerprint density at radius 1 is 1.53 bits per heavy atom. The summed E-state index contributed by atoms with van der Waals surface area (Å²) in [5.74, 6) is 0.0227. The minimum Gasteiger partial charge on any atom is -0.481 e. The maximum Gasteiger partial charge on any atom is 0.303 e. The molecule has 1 aliphatic carbocycles. The third-order valence-electron chi connectivity index (χ3n) is 3.12. The van der Waals surface area contributed by atoms with Crippen molar-refractivity contribution in [2.24, 2.45) is 5.92 Å². The number of carboxylic acid groups (broad SMARTS) is 1. The summed E-state index contributed by atoms with van der Waals surface area (Å²) < 4.78 is 0. The zero-order valence-electron chi connectivity index (χ0n) is 9.85. The average Bonchev–Trinajstić information content (AvgIpc) is 2.86. The van der Waals surface area contributed by atoms with Crippen molar-refractivity contribution < 1.29 is 9.90 Å². The highest BCUT2D eigenvalue weighted by atomic mass is 32.1. The molecular formula is C11H17N3O2S. The highest BCUT2D eigenvalue weighted by Gasteiger charge is 2.29. The maximum atomic E-state index is 10.7. The lowest BCUT2D eigenvalue weighted by atomic mass is 10.0. The lowest BCUT2D eigenvalue weighted by molar-refractivity contribution is -0.138. The van der Waals surface area contributed by atoms with Crippen molar-refractivity contribution in [3.63, 3.8) is 0 Å². The van der Waals surface area contributed by atoms with Gasteiger partial charge in [0, 0.05) is 18.9 Å². The SMILES string of the molecule is CCNc1nnc([C@H]2CC[C@@H](CC(=O)O)C2)s1. The average molecular weight is 255 g/mol. The molecule has 2 N–H and O–H groups in total. The monoisotopic (exact) mass is 255 g/mol. The molecule has 0 radical (unpaired) electrons. The number of nitrogens with one attached hydrogen (secondary N) is 1. The molecule has 17 heavy (non-hydrogen) atoms. The zero-order valence-corrected chi connectivity index (χ0v) is 10.7. The lowest BCUT2D eigenvalue weighted by Gasteiger charge is -2.05. The van der Waals surface area contributed by atoms with Crippen molar-refractivity contribution in [2.45, 2.75) is 38.5 Å². The van der Waals surface area contributed by atoms with Crippen LogP contribution in [-0.2, 0) is 4.79 Å². The molecule has 0 saturated heterocycles. The molecule has 0 aromatic carbocycles. The number of anilines is 1. The third kappa shape index (κ3) is 3.15. The second kappa shape index (κ2) is 5.44. The van der Waals surface area contributed by atoms with Gasteiger partial charge in [0.15, 0.2) is 0 Å². The largest absolute Gasteiger partial charge is 0.481 e. The summed E-state index contributed by atoms with van der Waals surface area (Å²) in [4.78, 5) is 10.7. The highest BCUT2D eigenvalue weighted by molar-refractivity contribution is 7.15. The van der Waals surface area contributed by atoms with Gasteiger partial charge in [-0.3, -0.25) is 4.79 Å². The Hall–Kier alpha value is -1.17. The van der Waals surface area contributed by atoms with Crippen LogP contribution in [0.2, 0.25) is 0 Å². The number of hydrogen-bond acceptors (Lipinski definition) is 5. The predicted octanol–water partition coefficient (Wildman–Crippen LogP) is 2.33. The quantitative estimate of drug-likeness (QED) is 0.844. The molecular weight excluding hydrogens is 238 g/mol. The third-order valence-corrected chi connectivity index (χ3v) is 4.17. The van der Waals surface area contributed by atoms with Crippen LogP contribution in [0.4, 0.5) is 5.13 Å². The lowest BCUT2D eigenvalue weighted by Crippen LogP contribution is -2.04. The van der Waals surface area contributed by atoms with E-state index in [9.17, 15) is 4.79 Å². The van der Waals surface area contributed by atoms with Gasteiger partial charge in [0.05, 0.1) is 0 Å². The molecule has 1 aromatic rings. The van der Waals surface area contributed by atoms with Crippen molar-refractivity contribution in [1.29, 1.82) is 0 Å². The van der Waals surface area contributed by atoms with E-state index in [1.165, 1.54) is 0 Å². The standard InChI is InChI=1S/C11H17N3O2S/c1-2-12-11-14-13-10(17-11)8-4-3-7(5-8)6-9(15)16/h7-8H,2-6H2,1H3,(H,12,14)(H,15,16)/t7-,8+/m1/s1. The molecule has 1 heterocycles. The van der Waals surface area contributed by atoms with Gasteiger partial charge >= 0.3 is 5.97 Å². The Morgan fingerprint density at radius 3 is 3.06 bits per heavy atom. The van der Waals surface area contributed by atoms with Crippen LogP contribution in [0.5, 0.6) is 0 Å². The van der Waals surface area contributed by atoms with Crippen molar-refractivity contribution >= 4 is 22.4 Å². The second-order valence-corrected chi connectivity index (χ2v) is 5.46. The second-order valence-electron chi connectivity index (χ2n) is 4.45. The Bertz CT molecular complexity index is 394. The first-order valence-corrected chi connectivity index (χ1v) is 6.79. The van der Waals surface area contributed by atoms with Gasteiger partial charge in [-0.2, -0.15) is 0 Å². The topological polar surface area (TPSA) is 75.1 Å². The summed E-state index contributed by atoms with van der Waals surface area (Å²) in [5.41, 5.74) is 0. The van der Waals surface area contributed by atoms with Crippen molar-refractivity contribution in [3.8, 4) is 0 Å². The molecule has 0 unspecified atom stereocenters. The van der Waals surface area contributed by atoms with Crippen LogP contribution in [0, 0.1) is 5.92 Å². The number of rotatable bonds is 5. The molecule has 0 spiro atoms. The van der Waals surface area contributed by atoms with Gasteiger partial charge in [-0.1, -0.05) is 11.3 Å². The summed E-state index contributed by atoms with van der Waals surface area (Å²) in [7, 11) is 0. The van der Waals surface area contributed by atoms with Gasteiger partial charge in [0.2, 0.25) is 5.13 Å². The van der Waals surface area contributed by atoms with E-state index in [0.717, 1.165) is 35.9 Å². The smallest absolute Gasteiger partial charge is 0.303 e. The molecule has 0 aliphatic heterocycles. The molecule has 2 rings (SSSR count). The van der Waals surface area contributed by atoms with E-state index in [4.69, 9.17) is 5.11 Å². The Labute approximate surface area is 104 Å². The maximum absolute atomic E-state index is 10.7. The molecule has 94 valence electrons. The van der Waals surface area contributed by atoms with E-state index in [1.54, 1.807) is 11.3 Å². The number of carboxylic acids is 1. The zero-order chi connectivity index (χ0) is 12.3. The number of hydrogen-bond donors (Lipinski definition) is 2. The Balaban J connectivity index is 1.92. The van der Waals surface area contributed by atoms with E-state index in [-0.39, 0.29) is 6.42 Å². The van der Waals surface area contributed by atoms with Crippen LogP contribution in [0.25, 0.3) is 0 Å². The minimum absolute atomic E-state index is 0.287. The van der Waals surface area contributed by atoms with Crippen LogP contribution in [0.1, 0.15) is 43.5 Å². The van der Waals surface area contributed by atoms with Gasteiger partial charge in [0.1, 0.15) is 5.01 Å². The number of aromatic nitrogens is 2. The van der Waals surface area contributed by atoms with E-state index in [0.29, 0.717) is 11.8 Å². The fourth-order valence-corrected chi connectivity index (χ4v) is 3.31. The summed E-state index contributed by atoms with van der Waals surface area (Å²) in [6, 6.07) is 0. The Kier molecular flexibility index (Phi) is 3.93. The fourth-order valence-electron chi connectivity index (χ4n) is 2.35. The summed E-state index contributed by atoms with van der Waals surface area (Å²) >= 11 is 1.59. The predicted molar refractivity (Wildman–Crippen MR) is 66.4 cm³/mol. The van der Waals surface area contributed by atoms with Crippen molar-refractivity contribution in [3.05, 3.63) is 5.01 Å². The first-order valence-electron chi connectivity index (χ1n) is 5.98. The van der Waals surface area contributed by atoms with E-state index >= 15 is 0 Å². The van der Waals surface area contributed by atoms with Crippen LogP contribution < -0.4 is 5.32 Å². The first kappa shape index (κ1) is 12.3. The van der Waals surface area contributed by atoms with Crippen LogP contribution in [-0.4, -0.2) is 27.8 Å². The summed E-state index contributed by atoms with van der Waals surface area (Å²) in [5, 5.41) is 22.1. The van der Waals surface area contributed by atoms with Gasteiger partial charge in [-0.25, -0.2) is 0 Å². The van der Waals surface area contributed by atoms with Gasteiger partial charge < -0.3 is 10.4 Å². The molecule has 1 aliphatic rings. The summed E-state index contributed by atoms with van der Waals surface area (Å²) in [6.45, 7) is 2.88. The minimum atomic E-state index is -0.693. The number of nitrogens with zero attached hydrogens (tertiary/aromatic N) is 2. The molecule has 2 atom stereocenters. The van der Waals surface area contributed by atoms with Crippen LogP contribution in [0.3, 0.4) is 0 Å². The number of aliphatic carboxylic acids is 1. The molecule has 1 aromatic heterocycles. The molecule has 5 nitrogen and oxygen atoms in total. The molecule has 0 amide bonds. The van der Waals surface area contributed by atoms with E-state index in [2.05, 4.69) is 15.5 Å². The molecule has 6 heteroatoms. The van der Waals surface area contributed by atoms with E-state index < -0.39 is 5.97 Å². The van der Waals surface area contributed by atoms with E-state index in [1.807, 2.05) is 6.92 Å². The van der Waals surface area contributed by atoms with Crippen LogP contribution in [0.15, 0.2) is 0 Å². The highest BCUT2D eigenvalue weighted by Crippen LogP contribution is 2.41. The van der Waals surface area contributed by atoms with Gasteiger partial charge in [0.25, 0.3) is 0 Å².